The van der Waals surface area contributed by atoms with E-state index in [4.69, 9.17) is 4.74 Å². The van der Waals surface area contributed by atoms with Gasteiger partial charge in [0.25, 0.3) is 5.91 Å². The van der Waals surface area contributed by atoms with Gasteiger partial charge in [0.1, 0.15) is 0 Å². The molecule has 2 N–H and O–H groups in total. The molecule has 29 heavy (non-hydrogen) atoms. The summed E-state index contributed by atoms with van der Waals surface area (Å²) in [5.41, 5.74) is 4.16. The van der Waals surface area contributed by atoms with E-state index in [0.29, 0.717) is 11.6 Å². The fraction of sp³-hybridized carbons (Fsp3) is 0.182. The Kier molecular flexibility index (Phi) is 6.19. The molecule has 7 nitrogen and oxygen atoms in total. The van der Waals surface area contributed by atoms with E-state index in [9.17, 15) is 9.59 Å². The van der Waals surface area contributed by atoms with E-state index in [1.54, 1.807) is 31.2 Å². The van der Waals surface area contributed by atoms with Crippen LogP contribution in [0.2, 0.25) is 0 Å². The fourth-order valence-electron chi connectivity index (χ4n) is 2.63. The lowest BCUT2D eigenvalue weighted by atomic mass is 10.1. The molecule has 1 heterocycles. The van der Waals surface area contributed by atoms with Crippen molar-refractivity contribution in [3.8, 4) is 0 Å². The van der Waals surface area contributed by atoms with Gasteiger partial charge in [-0.1, -0.05) is 18.2 Å². The summed E-state index contributed by atoms with van der Waals surface area (Å²) in [5.74, 6) is -0.524. The molecule has 0 atom stereocenters. The van der Waals surface area contributed by atoms with Crippen LogP contribution in [0.25, 0.3) is 0 Å². The summed E-state index contributed by atoms with van der Waals surface area (Å²) in [5, 5.41) is 5.82. The van der Waals surface area contributed by atoms with Gasteiger partial charge in [-0.2, -0.15) is 0 Å². The maximum atomic E-state index is 12.5. The van der Waals surface area contributed by atoms with Crippen molar-refractivity contribution < 1.29 is 14.3 Å². The summed E-state index contributed by atoms with van der Waals surface area (Å²) in [6, 6.07) is 12.6. The van der Waals surface area contributed by atoms with Gasteiger partial charge < -0.3 is 15.4 Å². The highest BCUT2D eigenvalue weighted by Gasteiger charge is 2.15. The number of amides is 1. The number of hydrogen-bond acceptors (Lipinski definition) is 6. The highest BCUT2D eigenvalue weighted by atomic mass is 16.5. The topological polar surface area (TPSA) is 93.2 Å². The smallest absolute Gasteiger partial charge is 0.340 e. The third-order valence-electron chi connectivity index (χ3n) is 4.35. The molecule has 7 heteroatoms. The Labute approximate surface area is 169 Å². The summed E-state index contributed by atoms with van der Waals surface area (Å²) < 4.78 is 5.02. The summed E-state index contributed by atoms with van der Waals surface area (Å²) >= 11 is 0. The van der Waals surface area contributed by atoms with Gasteiger partial charge >= 0.3 is 5.97 Å². The summed E-state index contributed by atoms with van der Waals surface area (Å²) in [4.78, 5) is 33.0. The van der Waals surface area contributed by atoms with Gasteiger partial charge in [0.05, 0.1) is 23.4 Å². The van der Waals surface area contributed by atoms with Crippen molar-refractivity contribution in [3.05, 3.63) is 77.1 Å². The highest BCUT2D eigenvalue weighted by molar-refractivity contribution is 6.07. The van der Waals surface area contributed by atoms with E-state index < -0.39 is 11.9 Å². The van der Waals surface area contributed by atoms with E-state index >= 15 is 0 Å². The van der Waals surface area contributed by atoms with Gasteiger partial charge in [0.2, 0.25) is 5.95 Å². The number of ether oxygens (including phenoxy) is 1. The Balaban J connectivity index is 1.71. The van der Waals surface area contributed by atoms with Crippen LogP contribution in [0.4, 0.5) is 17.3 Å². The fourth-order valence-corrected chi connectivity index (χ4v) is 2.63. The van der Waals surface area contributed by atoms with Crippen molar-refractivity contribution >= 4 is 29.2 Å². The Bertz CT molecular complexity index is 1030. The van der Waals surface area contributed by atoms with Gasteiger partial charge in [0.15, 0.2) is 0 Å². The van der Waals surface area contributed by atoms with Crippen LogP contribution in [0, 0.1) is 13.8 Å². The summed E-state index contributed by atoms with van der Waals surface area (Å²) in [6.45, 7) is 6.06. The lowest BCUT2D eigenvalue weighted by Crippen LogP contribution is -2.16. The minimum atomic E-state index is -0.493. The van der Waals surface area contributed by atoms with Crippen molar-refractivity contribution in [3.63, 3.8) is 0 Å². The molecule has 0 radical (unpaired) electrons. The van der Waals surface area contributed by atoms with E-state index in [1.165, 1.54) is 18.0 Å². The van der Waals surface area contributed by atoms with Gasteiger partial charge in [-0.25, -0.2) is 14.8 Å². The van der Waals surface area contributed by atoms with Crippen LogP contribution in [0.1, 0.15) is 38.8 Å². The van der Waals surface area contributed by atoms with Crippen molar-refractivity contribution in [2.75, 3.05) is 17.2 Å². The summed E-state index contributed by atoms with van der Waals surface area (Å²) in [6.07, 6.45) is 2.86. The second kappa shape index (κ2) is 8.97. The number of rotatable bonds is 6. The molecule has 0 saturated heterocycles. The molecule has 2 aromatic carbocycles. The molecule has 0 bridgehead atoms. The minimum absolute atomic E-state index is 0.254. The molecule has 0 aliphatic heterocycles. The number of carbonyl (C=O) groups excluding carboxylic acids is 2. The number of para-hydroxylation sites is 1. The Morgan fingerprint density at radius 2 is 1.72 bits per heavy atom. The van der Waals surface area contributed by atoms with Crippen LogP contribution in [0.3, 0.4) is 0 Å². The SMILES string of the molecule is CCOC(=O)c1ccccc1NC(=O)c1cnc(Nc2ccc(C)c(C)c2)nc1. The number of aryl methyl sites for hydroxylation is 2. The number of aromatic nitrogens is 2. The second-order valence-electron chi connectivity index (χ2n) is 6.44. The van der Waals surface area contributed by atoms with Crippen LogP contribution < -0.4 is 10.6 Å². The van der Waals surface area contributed by atoms with Crippen molar-refractivity contribution in [1.29, 1.82) is 0 Å². The van der Waals surface area contributed by atoms with E-state index in [-0.39, 0.29) is 17.7 Å². The molecule has 0 fully saturated rings. The van der Waals surface area contributed by atoms with E-state index in [0.717, 1.165) is 11.3 Å². The molecule has 0 aliphatic rings. The quantitative estimate of drug-likeness (QED) is 0.611. The number of hydrogen-bond donors (Lipinski definition) is 2. The molecule has 0 spiro atoms. The molecule has 3 aromatic rings. The van der Waals surface area contributed by atoms with Gasteiger partial charge in [0, 0.05) is 18.1 Å². The standard InChI is InChI=1S/C22H22N4O3/c1-4-29-21(28)18-7-5-6-8-19(18)26-20(27)16-12-23-22(24-13-16)25-17-10-9-14(2)15(3)11-17/h5-13H,4H2,1-3H3,(H,26,27)(H,23,24,25). The number of nitrogens with one attached hydrogen (secondary N) is 2. The first-order chi connectivity index (χ1) is 14.0. The number of esters is 1. The van der Waals surface area contributed by atoms with Crippen LogP contribution >= 0.6 is 0 Å². The Morgan fingerprint density at radius 1 is 1.00 bits per heavy atom. The van der Waals surface area contributed by atoms with Gasteiger partial charge in [-0.15, -0.1) is 0 Å². The zero-order valence-electron chi connectivity index (χ0n) is 16.5. The number of carbonyl (C=O) groups is 2. The minimum Gasteiger partial charge on any atom is -0.462 e. The van der Waals surface area contributed by atoms with E-state index in [2.05, 4.69) is 20.6 Å². The molecule has 1 aromatic heterocycles. The lowest BCUT2D eigenvalue weighted by Gasteiger charge is -2.10. The average Bonchev–Trinajstić information content (AvgIpc) is 2.72. The van der Waals surface area contributed by atoms with Crippen LogP contribution in [-0.2, 0) is 4.74 Å². The molecule has 0 saturated carbocycles. The predicted molar refractivity (Wildman–Crippen MR) is 112 cm³/mol. The molecular weight excluding hydrogens is 368 g/mol. The van der Waals surface area contributed by atoms with E-state index in [1.807, 2.05) is 32.0 Å². The first-order valence-corrected chi connectivity index (χ1v) is 9.21. The Hall–Kier alpha value is -3.74. The van der Waals surface area contributed by atoms with Crippen LogP contribution in [0.5, 0.6) is 0 Å². The van der Waals surface area contributed by atoms with Crippen molar-refractivity contribution in [2.24, 2.45) is 0 Å². The maximum absolute atomic E-state index is 12.5. The number of benzene rings is 2. The summed E-state index contributed by atoms with van der Waals surface area (Å²) in [7, 11) is 0. The molecule has 0 aliphatic carbocycles. The molecule has 148 valence electrons. The second-order valence-corrected chi connectivity index (χ2v) is 6.44. The highest BCUT2D eigenvalue weighted by Crippen LogP contribution is 2.19. The third-order valence-corrected chi connectivity index (χ3v) is 4.35. The number of nitrogens with zero attached hydrogens (tertiary/aromatic N) is 2. The largest absolute Gasteiger partial charge is 0.462 e. The first-order valence-electron chi connectivity index (χ1n) is 9.21. The monoisotopic (exact) mass is 390 g/mol. The number of anilines is 3. The molecular formula is C22H22N4O3. The predicted octanol–water partition coefficient (Wildman–Crippen LogP) is 4.27. The zero-order chi connectivity index (χ0) is 20.8. The first kappa shape index (κ1) is 20.0. The van der Waals surface area contributed by atoms with Crippen LogP contribution in [-0.4, -0.2) is 28.5 Å². The average molecular weight is 390 g/mol. The van der Waals surface area contributed by atoms with Crippen molar-refractivity contribution in [2.45, 2.75) is 20.8 Å². The zero-order valence-corrected chi connectivity index (χ0v) is 16.5. The van der Waals surface area contributed by atoms with Gasteiger partial charge in [-0.3, -0.25) is 4.79 Å². The molecule has 0 unspecified atom stereocenters. The maximum Gasteiger partial charge on any atom is 0.340 e. The van der Waals surface area contributed by atoms with Crippen LogP contribution in [0.15, 0.2) is 54.9 Å². The van der Waals surface area contributed by atoms with Gasteiger partial charge in [-0.05, 0) is 56.2 Å². The molecule has 1 amide bonds. The lowest BCUT2D eigenvalue weighted by molar-refractivity contribution is 0.0527. The Morgan fingerprint density at radius 3 is 2.41 bits per heavy atom. The van der Waals surface area contributed by atoms with Crippen molar-refractivity contribution in [1.82, 2.24) is 9.97 Å². The normalized spacial score (nSPS) is 10.3. The third kappa shape index (κ3) is 4.95. The molecule has 3 rings (SSSR count).